The third-order valence-corrected chi connectivity index (χ3v) is 7.02. The molecule has 2 aromatic heterocycles. The van der Waals surface area contributed by atoms with Crippen molar-refractivity contribution in [1.82, 2.24) is 14.5 Å². The minimum atomic E-state index is -3.49. The van der Waals surface area contributed by atoms with Crippen LogP contribution in [0.5, 0.6) is 0 Å². The van der Waals surface area contributed by atoms with E-state index in [1.54, 1.807) is 24.3 Å². The molecular formula is C17H17N3O3S2. The number of rotatable bonds is 4. The van der Waals surface area contributed by atoms with Gasteiger partial charge < -0.3 is 4.42 Å². The summed E-state index contributed by atoms with van der Waals surface area (Å²) in [5.41, 5.74) is 0. The summed E-state index contributed by atoms with van der Waals surface area (Å²) in [6, 6.07) is 12.4. The van der Waals surface area contributed by atoms with E-state index in [1.807, 2.05) is 23.6 Å². The zero-order valence-electron chi connectivity index (χ0n) is 13.4. The number of nitrogens with zero attached hydrogens (tertiary/aromatic N) is 3. The fourth-order valence-electron chi connectivity index (χ4n) is 3.00. The van der Waals surface area contributed by atoms with Crippen LogP contribution in [0.15, 0.2) is 57.2 Å². The maximum atomic E-state index is 12.8. The molecule has 1 saturated heterocycles. The molecular weight excluding hydrogens is 358 g/mol. The highest BCUT2D eigenvalue weighted by atomic mass is 32.2. The van der Waals surface area contributed by atoms with Crippen molar-refractivity contribution in [2.75, 3.05) is 13.1 Å². The predicted octanol–water partition coefficient (Wildman–Crippen LogP) is 3.37. The van der Waals surface area contributed by atoms with Gasteiger partial charge in [-0.25, -0.2) is 8.42 Å². The number of thiophene rings is 1. The maximum absolute atomic E-state index is 12.8. The van der Waals surface area contributed by atoms with Gasteiger partial charge in [-0.3, -0.25) is 0 Å². The van der Waals surface area contributed by atoms with Gasteiger partial charge in [0.25, 0.3) is 5.89 Å². The van der Waals surface area contributed by atoms with Gasteiger partial charge in [0.1, 0.15) is 0 Å². The Morgan fingerprint density at radius 2 is 1.96 bits per heavy atom. The summed E-state index contributed by atoms with van der Waals surface area (Å²) >= 11 is 1.54. The van der Waals surface area contributed by atoms with Crippen molar-refractivity contribution in [2.24, 2.45) is 0 Å². The van der Waals surface area contributed by atoms with Crippen LogP contribution >= 0.6 is 11.3 Å². The standard InChI is InChI=1S/C17H17N3O3S2/c21-25(22,14-7-2-1-3-8-14)20-10-4-6-13(12-20)16-18-19-17(23-16)15-9-5-11-24-15/h1-3,5,7-9,11,13H,4,6,10,12H2. The van der Waals surface area contributed by atoms with Gasteiger partial charge in [-0.1, -0.05) is 24.3 Å². The third-order valence-electron chi connectivity index (χ3n) is 4.29. The molecule has 0 spiro atoms. The van der Waals surface area contributed by atoms with Gasteiger partial charge in [0, 0.05) is 13.1 Å². The second-order valence-electron chi connectivity index (χ2n) is 5.94. The van der Waals surface area contributed by atoms with E-state index in [9.17, 15) is 8.42 Å². The van der Waals surface area contributed by atoms with E-state index in [1.165, 1.54) is 15.6 Å². The van der Waals surface area contributed by atoms with E-state index in [0.717, 1.165) is 17.7 Å². The lowest BCUT2D eigenvalue weighted by molar-refractivity contribution is 0.286. The van der Waals surface area contributed by atoms with Gasteiger partial charge in [-0.15, -0.1) is 21.5 Å². The molecule has 8 heteroatoms. The van der Waals surface area contributed by atoms with Gasteiger partial charge in [0.15, 0.2) is 0 Å². The van der Waals surface area contributed by atoms with Gasteiger partial charge in [0.05, 0.1) is 15.7 Å². The molecule has 1 atom stereocenters. The Labute approximate surface area is 150 Å². The molecule has 1 fully saturated rings. The average Bonchev–Trinajstić information content (AvgIpc) is 3.34. The first-order valence-corrected chi connectivity index (χ1v) is 10.4. The molecule has 0 bridgehead atoms. The smallest absolute Gasteiger partial charge is 0.257 e. The summed E-state index contributed by atoms with van der Waals surface area (Å²) in [7, 11) is -3.49. The van der Waals surface area contributed by atoms with E-state index in [4.69, 9.17) is 4.42 Å². The lowest BCUT2D eigenvalue weighted by atomic mass is 10.00. The zero-order valence-corrected chi connectivity index (χ0v) is 15.0. The molecule has 0 amide bonds. The number of benzene rings is 1. The zero-order chi connectivity index (χ0) is 17.3. The molecule has 6 nitrogen and oxygen atoms in total. The minimum Gasteiger partial charge on any atom is -0.420 e. The van der Waals surface area contributed by atoms with E-state index in [-0.39, 0.29) is 5.92 Å². The number of piperidine rings is 1. The van der Waals surface area contributed by atoms with E-state index >= 15 is 0 Å². The predicted molar refractivity (Wildman–Crippen MR) is 94.8 cm³/mol. The fraction of sp³-hybridized carbons (Fsp3) is 0.294. The van der Waals surface area contributed by atoms with Crippen LogP contribution in [-0.2, 0) is 10.0 Å². The van der Waals surface area contributed by atoms with Crippen LogP contribution in [0, 0.1) is 0 Å². The van der Waals surface area contributed by atoms with Crippen molar-refractivity contribution in [3.05, 3.63) is 53.7 Å². The molecule has 0 saturated carbocycles. The Morgan fingerprint density at radius 3 is 2.72 bits per heavy atom. The molecule has 1 aliphatic heterocycles. The number of hydrogen-bond donors (Lipinski definition) is 0. The summed E-state index contributed by atoms with van der Waals surface area (Å²) in [4.78, 5) is 1.24. The molecule has 0 aliphatic carbocycles. The quantitative estimate of drug-likeness (QED) is 0.699. The van der Waals surface area contributed by atoms with Crippen molar-refractivity contribution in [1.29, 1.82) is 0 Å². The lowest BCUT2D eigenvalue weighted by Gasteiger charge is -2.30. The van der Waals surface area contributed by atoms with Gasteiger partial charge in [0.2, 0.25) is 15.9 Å². The first kappa shape index (κ1) is 16.4. The van der Waals surface area contributed by atoms with Gasteiger partial charge in [-0.05, 0) is 36.4 Å². The highest BCUT2D eigenvalue weighted by Crippen LogP contribution is 2.32. The molecule has 0 N–H and O–H groups in total. The number of aromatic nitrogens is 2. The van der Waals surface area contributed by atoms with Crippen LogP contribution in [0.3, 0.4) is 0 Å². The van der Waals surface area contributed by atoms with Crippen LogP contribution < -0.4 is 0 Å². The molecule has 3 heterocycles. The van der Waals surface area contributed by atoms with Crippen molar-refractivity contribution < 1.29 is 12.8 Å². The van der Waals surface area contributed by atoms with Crippen molar-refractivity contribution in [3.8, 4) is 10.8 Å². The molecule has 3 aromatic rings. The molecule has 1 aromatic carbocycles. The van der Waals surface area contributed by atoms with E-state index in [2.05, 4.69) is 10.2 Å². The molecule has 25 heavy (non-hydrogen) atoms. The summed E-state index contributed by atoms with van der Waals surface area (Å²) in [6.07, 6.45) is 1.61. The van der Waals surface area contributed by atoms with Crippen LogP contribution in [-0.4, -0.2) is 36.0 Å². The van der Waals surface area contributed by atoms with Crippen LogP contribution in [0.1, 0.15) is 24.7 Å². The van der Waals surface area contributed by atoms with E-state index in [0.29, 0.717) is 29.8 Å². The fourth-order valence-corrected chi connectivity index (χ4v) is 5.19. The Hall–Kier alpha value is -2.03. The molecule has 0 radical (unpaired) electrons. The Balaban J connectivity index is 1.55. The first-order valence-electron chi connectivity index (χ1n) is 8.07. The minimum absolute atomic E-state index is 0.0755. The summed E-state index contributed by atoms with van der Waals surface area (Å²) in [6.45, 7) is 0.878. The second kappa shape index (κ2) is 6.70. The number of hydrogen-bond acceptors (Lipinski definition) is 6. The summed E-state index contributed by atoms with van der Waals surface area (Å²) < 4.78 is 33.0. The monoisotopic (exact) mass is 375 g/mol. The van der Waals surface area contributed by atoms with Gasteiger partial charge in [-0.2, -0.15) is 4.31 Å². The van der Waals surface area contributed by atoms with Crippen molar-refractivity contribution in [2.45, 2.75) is 23.7 Å². The molecule has 4 rings (SSSR count). The van der Waals surface area contributed by atoms with E-state index < -0.39 is 10.0 Å². The normalized spacial score (nSPS) is 19.1. The largest absolute Gasteiger partial charge is 0.420 e. The molecule has 1 aliphatic rings. The molecule has 1 unspecified atom stereocenters. The lowest BCUT2D eigenvalue weighted by Crippen LogP contribution is -2.39. The Morgan fingerprint density at radius 1 is 1.12 bits per heavy atom. The highest BCUT2D eigenvalue weighted by molar-refractivity contribution is 7.89. The summed E-state index contributed by atoms with van der Waals surface area (Å²) in [5.74, 6) is 0.929. The summed E-state index contributed by atoms with van der Waals surface area (Å²) in [5, 5.41) is 10.2. The average molecular weight is 375 g/mol. The van der Waals surface area contributed by atoms with Gasteiger partial charge >= 0.3 is 0 Å². The highest BCUT2D eigenvalue weighted by Gasteiger charge is 2.33. The van der Waals surface area contributed by atoms with Crippen LogP contribution in [0.4, 0.5) is 0 Å². The Kier molecular flexibility index (Phi) is 4.41. The van der Waals surface area contributed by atoms with Crippen LogP contribution in [0.2, 0.25) is 0 Å². The Bertz CT molecular complexity index is 937. The second-order valence-corrected chi connectivity index (χ2v) is 8.82. The third kappa shape index (κ3) is 3.24. The van der Waals surface area contributed by atoms with Crippen LogP contribution in [0.25, 0.3) is 10.8 Å². The SMILES string of the molecule is O=S(=O)(c1ccccc1)N1CCCC(c2nnc(-c3cccs3)o2)C1. The van der Waals surface area contributed by atoms with Crippen molar-refractivity contribution >= 4 is 21.4 Å². The van der Waals surface area contributed by atoms with Crippen molar-refractivity contribution in [3.63, 3.8) is 0 Å². The number of sulfonamides is 1. The first-order chi connectivity index (χ1) is 12.1. The topological polar surface area (TPSA) is 76.3 Å². The molecule has 130 valence electrons. The maximum Gasteiger partial charge on any atom is 0.257 e.